The largest absolute Gasteiger partial charge is 0.396 e. The van der Waals surface area contributed by atoms with Gasteiger partial charge in [-0.05, 0) is 125 Å². The molecule has 2 aliphatic heterocycles. The Hall–Kier alpha value is -0.900. The Bertz CT molecular complexity index is 1170. The van der Waals surface area contributed by atoms with Crippen molar-refractivity contribution in [2.45, 2.75) is 122 Å². The van der Waals surface area contributed by atoms with Crippen molar-refractivity contribution < 1.29 is 9.84 Å². The molecule has 1 unspecified atom stereocenters. The molecule has 0 amide bonds. The lowest BCUT2D eigenvalue weighted by Gasteiger charge is -2.74. The maximum Gasteiger partial charge on any atom is 0.0652 e. The van der Waals surface area contributed by atoms with Gasteiger partial charge < -0.3 is 9.84 Å². The molecule has 11 atom stereocenters. The highest BCUT2D eigenvalue weighted by atomic mass is 16.5. The number of rotatable bonds is 7. The number of aliphatic hydroxyl groups is 1. The summed E-state index contributed by atoms with van der Waals surface area (Å²) in [5.41, 5.74) is 5.49. The predicted octanol–water partition coefficient (Wildman–Crippen LogP) is 7.85. The van der Waals surface area contributed by atoms with Crippen LogP contribution in [-0.4, -0.2) is 47.4 Å². The highest BCUT2D eigenvalue weighted by molar-refractivity contribution is 5.54. The number of nitrogens with zero attached hydrogens (tertiary/aromatic N) is 1. The summed E-state index contributed by atoms with van der Waals surface area (Å²) in [6.45, 7) is 13.6. The number of ether oxygens (including phenoxy) is 1. The van der Waals surface area contributed by atoms with E-state index >= 15 is 0 Å². The summed E-state index contributed by atoms with van der Waals surface area (Å²) in [6.07, 6.45) is 28.2. The van der Waals surface area contributed by atoms with Gasteiger partial charge in [0.15, 0.2) is 0 Å². The van der Waals surface area contributed by atoms with Crippen molar-refractivity contribution in [2.24, 2.45) is 45.3 Å². The first-order valence-corrected chi connectivity index (χ1v) is 17.3. The SMILES string of the molecule is CCOCC[C@@H]1CCC[C@]12C[C@@H](C)[C@]13CCC(C)=C1C[C@]21[C@@]2(C=CC[C@@]13C)C=C[C@H]1[C@H](CCCO)CC[C@]13CN32. The topological polar surface area (TPSA) is 32.5 Å². The molecule has 2 bridgehead atoms. The summed E-state index contributed by atoms with van der Waals surface area (Å²) in [4.78, 5) is 3.11. The molecule has 2 heterocycles. The van der Waals surface area contributed by atoms with Crippen molar-refractivity contribution in [3.63, 3.8) is 0 Å². The normalized spacial score (nSPS) is 54.8. The lowest BCUT2D eigenvalue weighted by Crippen LogP contribution is -2.73. The molecule has 0 aromatic carbocycles. The zero-order valence-corrected chi connectivity index (χ0v) is 25.9. The molecule has 6 aliphatic carbocycles. The predicted molar refractivity (Wildman–Crippen MR) is 162 cm³/mol. The maximum absolute atomic E-state index is 9.61. The van der Waals surface area contributed by atoms with Crippen LogP contribution in [0.15, 0.2) is 35.5 Å². The minimum atomic E-state index is 0.0569. The highest BCUT2D eigenvalue weighted by Crippen LogP contribution is 2.90. The summed E-state index contributed by atoms with van der Waals surface area (Å²) in [5.74, 6) is 3.00. The van der Waals surface area contributed by atoms with E-state index in [9.17, 15) is 5.11 Å². The van der Waals surface area contributed by atoms with Crippen LogP contribution in [0, 0.1) is 45.3 Å². The minimum absolute atomic E-state index is 0.0569. The lowest BCUT2D eigenvalue weighted by molar-refractivity contribution is -0.231. The van der Waals surface area contributed by atoms with E-state index in [-0.39, 0.29) is 11.0 Å². The van der Waals surface area contributed by atoms with Gasteiger partial charge in [-0.15, -0.1) is 0 Å². The number of hydrogen-bond acceptors (Lipinski definition) is 3. The molecule has 5 fully saturated rings. The fraction of sp³-hybridized carbons (Fsp3) is 0.838. The first kappa shape index (κ1) is 26.7. The molecule has 0 radical (unpaired) electrons. The van der Waals surface area contributed by atoms with Crippen LogP contribution in [0.1, 0.15) is 111 Å². The van der Waals surface area contributed by atoms with Gasteiger partial charge in [-0.25, -0.2) is 0 Å². The van der Waals surface area contributed by atoms with Crippen molar-refractivity contribution in [1.29, 1.82) is 0 Å². The van der Waals surface area contributed by atoms with E-state index in [1.165, 1.54) is 83.6 Å². The highest BCUT2D eigenvalue weighted by Gasteiger charge is 2.87. The summed E-state index contributed by atoms with van der Waals surface area (Å²) in [6, 6.07) is 0. The van der Waals surface area contributed by atoms with Crippen LogP contribution in [0.25, 0.3) is 0 Å². The Balaban J connectivity index is 1.33. The zero-order chi connectivity index (χ0) is 27.6. The summed E-state index contributed by atoms with van der Waals surface area (Å²) >= 11 is 0. The first-order valence-electron chi connectivity index (χ1n) is 17.3. The molecule has 4 spiro atoms. The van der Waals surface area contributed by atoms with E-state index in [0.717, 1.165) is 37.4 Å². The Labute approximate surface area is 243 Å². The summed E-state index contributed by atoms with van der Waals surface area (Å²) in [7, 11) is 0. The Morgan fingerprint density at radius 3 is 2.83 bits per heavy atom. The quantitative estimate of drug-likeness (QED) is 0.201. The van der Waals surface area contributed by atoms with Gasteiger partial charge in [-0.2, -0.15) is 0 Å². The molecule has 8 rings (SSSR count). The molecule has 0 aromatic heterocycles. The van der Waals surface area contributed by atoms with E-state index in [0.29, 0.717) is 34.3 Å². The molecule has 3 nitrogen and oxygen atoms in total. The summed E-state index contributed by atoms with van der Waals surface area (Å²) in [5, 5.41) is 9.61. The lowest BCUT2D eigenvalue weighted by atomic mass is 9.31. The number of aliphatic hydroxyl groups excluding tert-OH is 1. The van der Waals surface area contributed by atoms with Crippen LogP contribution in [0.3, 0.4) is 0 Å². The van der Waals surface area contributed by atoms with Gasteiger partial charge in [0.25, 0.3) is 0 Å². The van der Waals surface area contributed by atoms with Crippen LogP contribution >= 0.6 is 0 Å². The molecule has 4 saturated carbocycles. The average Bonchev–Trinajstić information content (AvgIpc) is 3.13. The first-order chi connectivity index (χ1) is 19.3. The van der Waals surface area contributed by atoms with Crippen LogP contribution in [-0.2, 0) is 4.74 Å². The third-order valence-electron chi connectivity index (χ3n) is 15.7. The maximum atomic E-state index is 9.61. The van der Waals surface area contributed by atoms with Crippen molar-refractivity contribution >= 4 is 0 Å². The van der Waals surface area contributed by atoms with Gasteiger partial charge in [0.2, 0.25) is 0 Å². The average molecular weight is 546 g/mol. The monoisotopic (exact) mass is 545 g/mol. The molecule has 220 valence electrons. The third-order valence-corrected chi connectivity index (χ3v) is 15.7. The van der Waals surface area contributed by atoms with E-state index in [1.54, 1.807) is 5.57 Å². The van der Waals surface area contributed by atoms with E-state index < -0.39 is 0 Å². The number of hydrogen-bond donors (Lipinski definition) is 1. The van der Waals surface area contributed by atoms with Gasteiger partial charge in [-0.3, -0.25) is 4.90 Å². The Kier molecular flexibility index (Phi) is 5.74. The number of fused-ring (bicyclic) bond motifs is 1. The number of allylic oxidation sites excluding steroid dienone is 3. The van der Waals surface area contributed by atoms with Crippen LogP contribution < -0.4 is 0 Å². The second kappa shape index (κ2) is 8.60. The van der Waals surface area contributed by atoms with E-state index in [4.69, 9.17) is 4.74 Å². The summed E-state index contributed by atoms with van der Waals surface area (Å²) < 4.78 is 6.09. The van der Waals surface area contributed by atoms with Crippen LogP contribution in [0.2, 0.25) is 0 Å². The van der Waals surface area contributed by atoms with Crippen molar-refractivity contribution in [3.8, 4) is 0 Å². The molecule has 1 N–H and O–H groups in total. The second-order valence-electron chi connectivity index (χ2n) is 16.2. The van der Waals surface area contributed by atoms with Gasteiger partial charge >= 0.3 is 0 Å². The van der Waals surface area contributed by atoms with Crippen molar-refractivity contribution in [1.82, 2.24) is 4.90 Å². The third kappa shape index (κ3) is 2.69. The Morgan fingerprint density at radius 1 is 1.12 bits per heavy atom. The van der Waals surface area contributed by atoms with Gasteiger partial charge in [0.05, 0.1) is 5.54 Å². The smallest absolute Gasteiger partial charge is 0.0652 e. The van der Waals surface area contributed by atoms with Crippen molar-refractivity contribution in [2.75, 3.05) is 26.4 Å². The molecule has 1 saturated heterocycles. The molecule has 40 heavy (non-hydrogen) atoms. The van der Waals surface area contributed by atoms with Gasteiger partial charge in [-0.1, -0.05) is 55.7 Å². The van der Waals surface area contributed by atoms with E-state index in [2.05, 4.69) is 56.9 Å². The fourth-order valence-corrected chi connectivity index (χ4v) is 14.6. The van der Waals surface area contributed by atoms with E-state index in [1.807, 2.05) is 5.57 Å². The minimum Gasteiger partial charge on any atom is -0.396 e. The van der Waals surface area contributed by atoms with Crippen LogP contribution in [0.4, 0.5) is 0 Å². The van der Waals surface area contributed by atoms with Crippen molar-refractivity contribution in [3.05, 3.63) is 35.5 Å². The standard InChI is InChI=1S/C37H55NO2/c1-5-40-22-14-29-10-6-16-33(29)23-27(3)36-20-11-26(2)31(36)24-37(33)32(36,4)15-8-17-35(37)19-13-30-28(9-7-21-39)12-18-34(30)25-38(34)35/h8,13,17,19,27-30,39H,5-7,9-12,14-16,18,20-25H2,1-4H3/t27-,28-,29+,30+,32-,33+,34+,35-,36-,37-,38?/m1/s1. The molecule has 0 aromatic rings. The van der Waals surface area contributed by atoms with Gasteiger partial charge in [0.1, 0.15) is 0 Å². The Morgan fingerprint density at radius 2 is 2.00 bits per heavy atom. The molecular weight excluding hydrogens is 490 g/mol. The van der Waals surface area contributed by atoms with Gasteiger partial charge in [0, 0.05) is 42.7 Å². The second-order valence-corrected chi connectivity index (χ2v) is 16.2. The zero-order valence-electron chi connectivity index (χ0n) is 25.9. The molecule has 3 heteroatoms. The molecule has 8 aliphatic rings. The molecular formula is C37H55NO2. The van der Waals surface area contributed by atoms with Crippen LogP contribution in [0.5, 0.6) is 0 Å². The fourth-order valence-electron chi connectivity index (χ4n) is 14.6.